The van der Waals surface area contributed by atoms with Crippen LogP contribution >= 0.6 is 15.9 Å². The number of hydrogen-bond acceptors (Lipinski definition) is 2. The highest BCUT2D eigenvalue weighted by Crippen LogP contribution is 2.23. The topological polar surface area (TPSA) is 38.0 Å². The Morgan fingerprint density at radius 3 is 2.79 bits per heavy atom. The van der Waals surface area contributed by atoms with Gasteiger partial charge in [-0.15, -0.1) is 0 Å². The van der Waals surface area contributed by atoms with Crippen molar-refractivity contribution in [2.24, 2.45) is 7.05 Å². The molecule has 2 rings (SSSR count). The van der Waals surface area contributed by atoms with Crippen molar-refractivity contribution in [3.05, 3.63) is 34.9 Å². The van der Waals surface area contributed by atoms with Crippen LogP contribution in [0, 0.1) is 0 Å². The average molecular weight is 253 g/mol. The lowest BCUT2D eigenvalue weighted by molar-refractivity contribution is 0.456. The van der Waals surface area contributed by atoms with Crippen LogP contribution < -0.4 is 0 Å². The summed E-state index contributed by atoms with van der Waals surface area (Å²) in [5.41, 5.74) is 0.974. The van der Waals surface area contributed by atoms with Crippen LogP contribution in [-0.4, -0.2) is 14.7 Å². The molecule has 2 aromatic rings. The van der Waals surface area contributed by atoms with Crippen LogP contribution in [0.2, 0.25) is 0 Å². The average Bonchev–Trinajstić information content (AvgIpc) is 2.45. The van der Waals surface area contributed by atoms with Gasteiger partial charge in [-0.25, -0.2) is 0 Å². The molecule has 4 heteroatoms. The Kier molecular flexibility index (Phi) is 2.29. The van der Waals surface area contributed by atoms with Crippen molar-refractivity contribution < 1.29 is 5.11 Å². The molecule has 0 atom stereocenters. The van der Waals surface area contributed by atoms with Gasteiger partial charge in [-0.1, -0.05) is 28.1 Å². The fourth-order valence-corrected chi connectivity index (χ4v) is 1.75. The van der Waals surface area contributed by atoms with Crippen LogP contribution in [0.25, 0.3) is 11.4 Å². The lowest BCUT2D eigenvalue weighted by Gasteiger charge is -2.00. The predicted octanol–water partition coefficient (Wildman–Crippen LogP) is 2.56. The maximum atomic E-state index is 9.22. The van der Waals surface area contributed by atoms with Crippen LogP contribution in [0.1, 0.15) is 0 Å². The molecular formula is C10H9BrN2O. The number of nitrogens with zero attached hydrogens (tertiary/aromatic N) is 2. The maximum absolute atomic E-state index is 9.22. The van der Waals surface area contributed by atoms with Crippen LogP contribution in [0.15, 0.2) is 34.9 Å². The fourth-order valence-electron chi connectivity index (χ4n) is 1.35. The largest absolute Gasteiger partial charge is 0.492 e. The number of benzene rings is 1. The summed E-state index contributed by atoms with van der Waals surface area (Å²) >= 11 is 3.39. The van der Waals surface area contributed by atoms with Gasteiger partial charge in [-0.3, -0.25) is 0 Å². The predicted molar refractivity (Wildman–Crippen MR) is 58.0 cm³/mol. The van der Waals surface area contributed by atoms with Crippen LogP contribution in [0.5, 0.6) is 5.88 Å². The third kappa shape index (κ3) is 1.65. The highest BCUT2D eigenvalue weighted by atomic mass is 79.9. The molecular weight excluding hydrogens is 244 g/mol. The minimum Gasteiger partial charge on any atom is -0.492 e. The Morgan fingerprint density at radius 2 is 2.21 bits per heavy atom. The molecule has 0 fully saturated rings. The lowest BCUT2D eigenvalue weighted by atomic mass is 10.2. The van der Waals surface area contributed by atoms with E-state index in [9.17, 15) is 5.11 Å². The van der Waals surface area contributed by atoms with Crippen molar-refractivity contribution in [2.75, 3.05) is 0 Å². The first-order valence-corrected chi connectivity index (χ1v) is 4.94. The van der Waals surface area contributed by atoms with E-state index in [0.717, 1.165) is 15.9 Å². The lowest BCUT2D eigenvalue weighted by Crippen LogP contribution is -1.90. The zero-order valence-electron chi connectivity index (χ0n) is 7.61. The first-order chi connectivity index (χ1) is 6.66. The summed E-state index contributed by atoms with van der Waals surface area (Å²) < 4.78 is 2.79. The van der Waals surface area contributed by atoms with Crippen LogP contribution in [0.4, 0.5) is 0 Å². The van der Waals surface area contributed by atoms with E-state index in [4.69, 9.17) is 0 Å². The van der Waals surface area contributed by atoms with Crippen molar-refractivity contribution in [3.63, 3.8) is 0 Å². The molecule has 0 aliphatic heterocycles. The molecule has 0 saturated heterocycles. The van der Waals surface area contributed by atoms with E-state index in [-0.39, 0.29) is 5.88 Å². The number of halogens is 1. The maximum Gasteiger partial charge on any atom is 0.229 e. The highest BCUT2D eigenvalue weighted by molar-refractivity contribution is 9.10. The summed E-state index contributed by atoms with van der Waals surface area (Å²) in [6.07, 6.45) is 1.58. The zero-order valence-corrected chi connectivity index (χ0v) is 9.19. The fraction of sp³-hybridized carbons (Fsp3) is 0.100. The standard InChI is InChI=1S/C10H9BrN2O/c1-13-6-9(14)12-10(13)7-3-2-4-8(11)5-7/h2-6,14H,1H3. The van der Waals surface area contributed by atoms with E-state index in [1.54, 1.807) is 10.8 Å². The van der Waals surface area contributed by atoms with E-state index in [2.05, 4.69) is 20.9 Å². The highest BCUT2D eigenvalue weighted by Gasteiger charge is 2.06. The summed E-state index contributed by atoms with van der Waals surface area (Å²) in [6.45, 7) is 0. The van der Waals surface area contributed by atoms with Gasteiger partial charge in [-0.05, 0) is 12.1 Å². The Balaban J connectivity index is 2.54. The van der Waals surface area contributed by atoms with E-state index < -0.39 is 0 Å². The molecule has 0 unspecified atom stereocenters. The Labute approximate surface area is 90.2 Å². The minimum atomic E-state index is 0.0440. The molecule has 72 valence electrons. The second kappa shape index (κ2) is 3.46. The van der Waals surface area contributed by atoms with Gasteiger partial charge in [0.1, 0.15) is 5.82 Å². The van der Waals surface area contributed by atoms with E-state index >= 15 is 0 Å². The van der Waals surface area contributed by atoms with Gasteiger partial charge in [0.2, 0.25) is 5.88 Å². The van der Waals surface area contributed by atoms with Gasteiger partial charge in [0.05, 0.1) is 6.20 Å². The van der Waals surface area contributed by atoms with Crippen molar-refractivity contribution in [3.8, 4) is 17.3 Å². The van der Waals surface area contributed by atoms with Gasteiger partial charge in [-0.2, -0.15) is 4.98 Å². The van der Waals surface area contributed by atoms with Crippen molar-refractivity contribution in [1.29, 1.82) is 0 Å². The molecule has 0 radical (unpaired) electrons. The number of aryl methyl sites for hydroxylation is 1. The summed E-state index contributed by atoms with van der Waals surface area (Å²) in [7, 11) is 1.85. The van der Waals surface area contributed by atoms with Crippen molar-refractivity contribution >= 4 is 15.9 Å². The smallest absolute Gasteiger partial charge is 0.229 e. The molecule has 0 aliphatic carbocycles. The molecule has 0 spiro atoms. The van der Waals surface area contributed by atoms with Crippen molar-refractivity contribution in [2.45, 2.75) is 0 Å². The SMILES string of the molecule is Cn1cc(O)nc1-c1cccc(Br)c1. The Bertz CT molecular complexity index is 465. The minimum absolute atomic E-state index is 0.0440. The van der Waals surface area contributed by atoms with E-state index in [0.29, 0.717) is 0 Å². The number of rotatable bonds is 1. The monoisotopic (exact) mass is 252 g/mol. The molecule has 1 aromatic heterocycles. The van der Waals surface area contributed by atoms with Gasteiger partial charge >= 0.3 is 0 Å². The first kappa shape index (κ1) is 9.27. The molecule has 0 saturated carbocycles. The Morgan fingerprint density at radius 1 is 1.43 bits per heavy atom. The third-order valence-corrected chi connectivity index (χ3v) is 2.44. The van der Waals surface area contributed by atoms with Gasteiger partial charge < -0.3 is 9.67 Å². The normalized spacial score (nSPS) is 10.4. The van der Waals surface area contributed by atoms with Gasteiger partial charge in [0.15, 0.2) is 0 Å². The molecule has 1 heterocycles. The second-order valence-corrected chi connectivity index (χ2v) is 3.96. The molecule has 0 aliphatic rings. The van der Waals surface area contributed by atoms with Gasteiger partial charge in [0.25, 0.3) is 0 Å². The Hall–Kier alpha value is -1.29. The van der Waals surface area contributed by atoms with Crippen LogP contribution in [-0.2, 0) is 7.05 Å². The molecule has 0 bridgehead atoms. The summed E-state index contributed by atoms with van der Waals surface area (Å²) in [6, 6.07) is 7.80. The molecule has 14 heavy (non-hydrogen) atoms. The van der Waals surface area contributed by atoms with E-state index in [1.165, 1.54) is 0 Å². The second-order valence-electron chi connectivity index (χ2n) is 3.04. The van der Waals surface area contributed by atoms with Crippen LogP contribution in [0.3, 0.4) is 0 Å². The summed E-state index contributed by atoms with van der Waals surface area (Å²) in [5.74, 6) is 0.797. The summed E-state index contributed by atoms with van der Waals surface area (Å²) in [5, 5.41) is 9.22. The van der Waals surface area contributed by atoms with Gasteiger partial charge in [0, 0.05) is 17.1 Å². The van der Waals surface area contributed by atoms with E-state index in [1.807, 2.05) is 31.3 Å². The number of hydrogen-bond donors (Lipinski definition) is 1. The quantitative estimate of drug-likeness (QED) is 0.848. The molecule has 1 aromatic carbocycles. The molecule has 3 nitrogen and oxygen atoms in total. The van der Waals surface area contributed by atoms with Crippen molar-refractivity contribution in [1.82, 2.24) is 9.55 Å². The number of imidazole rings is 1. The molecule has 1 N–H and O–H groups in total. The number of aromatic nitrogens is 2. The zero-order chi connectivity index (χ0) is 10.1. The number of aromatic hydroxyl groups is 1. The summed E-state index contributed by atoms with van der Waals surface area (Å²) in [4.78, 5) is 4.02. The molecule has 0 amide bonds. The third-order valence-electron chi connectivity index (χ3n) is 1.95. The first-order valence-electron chi connectivity index (χ1n) is 4.15.